The number of pyridine rings is 1. The molecule has 1 aromatic heterocycles. The Bertz CT molecular complexity index is 346. The molecule has 1 aliphatic rings. The van der Waals surface area contributed by atoms with Gasteiger partial charge in [-0.2, -0.15) is 0 Å². The van der Waals surface area contributed by atoms with Gasteiger partial charge in [-0.15, -0.1) is 0 Å². The Morgan fingerprint density at radius 1 is 1.38 bits per heavy atom. The molecule has 0 aliphatic heterocycles. The van der Waals surface area contributed by atoms with Crippen molar-refractivity contribution in [1.82, 2.24) is 4.98 Å². The fraction of sp³-hybridized carbons (Fsp3) is 0.615. The van der Waals surface area contributed by atoms with Crippen molar-refractivity contribution in [3.05, 3.63) is 24.0 Å². The zero-order valence-electron chi connectivity index (χ0n) is 9.91. The highest BCUT2D eigenvalue weighted by molar-refractivity contribution is 5.21. The lowest BCUT2D eigenvalue weighted by Crippen LogP contribution is -2.47. The van der Waals surface area contributed by atoms with E-state index in [0.29, 0.717) is 6.61 Å². The molecule has 1 heterocycles. The summed E-state index contributed by atoms with van der Waals surface area (Å²) in [6.45, 7) is 2.59. The van der Waals surface area contributed by atoms with Crippen LogP contribution in [0.2, 0.25) is 0 Å². The molecule has 0 aromatic carbocycles. The van der Waals surface area contributed by atoms with Crippen LogP contribution in [0.4, 0.5) is 0 Å². The number of hydrogen-bond acceptors (Lipinski definition) is 3. The monoisotopic (exact) mass is 220 g/mol. The number of hydrogen-bond donors (Lipinski definition) is 1. The van der Waals surface area contributed by atoms with Gasteiger partial charge in [0.2, 0.25) is 0 Å². The van der Waals surface area contributed by atoms with Crippen molar-refractivity contribution in [2.75, 3.05) is 6.61 Å². The zero-order valence-corrected chi connectivity index (χ0v) is 9.91. The van der Waals surface area contributed by atoms with Crippen LogP contribution in [0.1, 0.15) is 37.8 Å². The molecule has 1 saturated carbocycles. The first-order valence-electron chi connectivity index (χ1n) is 6.02. The molecule has 1 fully saturated rings. The molecule has 88 valence electrons. The summed E-state index contributed by atoms with van der Waals surface area (Å²) in [5.74, 6) is 0.878. The second-order valence-corrected chi connectivity index (χ2v) is 4.84. The Morgan fingerprint density at radius 2 is 2.12 bits per heavy atom. The van der Waals surface area contributed by atoms with Crippen LogP contribution in [0.25, 0.3) is 0 Å². The minimum atomic E-state index is -0.116. The van der Waals surface area contributed by atoms with E-state index in [0.717, 1.165) is 24.3 Å². The highest BCUT2D eigenvalue weighted by Crippen LogP contribution is 2.26. The second kappa shape index (κ2) is 4.83. The number of ether oxygens (including phenoxy) is 1. The molecular weight excluding hydrogens is 200 g/mol. The summed E-state index contributed by atoms with van der Waals surface area (Å²) < 4.78 is 5.76. The van der Waals surface area contributed by atoms with Crippen LogP contribution in [0, 0.1) is 6.92 Å². The highest BCUT2D eigenvalue weighted by atomic mass is 16.5. The van der Waals surface area contributed by atoms with E-state index >= 15 is 0 Å². The van der Waals surface area contributed by atoms with E-state index in [1.54, 1.807) is 6.20 Å². The predicted molar refractivity (Wildman–Crippen MR) is 64.5 cm³/mol. The van der Waals surface area contributed by atoms with Gasteiger partial charge in [0.15, 0.2) is 0 Å². The molecular formula is C13H20N2O. The van der Waals surface area contributed by atoms with E-state index in [1.807, 2.05) is 19.1 Å². The summed E-state index contributed by atoms with van der Waals surface area (Å²) in [6, 6.07) is 3.84. The van der Waals surface area contributed by atoms with Crippen LogP contribution in [0.3, 0.4) is 0 Å². The number of aromatic nitrogens is 1. The van der Waals surface area contributed by atoms with E-state index < -0.39 is 0 Å². The molecule has 0 amide bonds. The van der Waals surface area contributed by atoms with E-state index in [9.17, 15) is 0 Å². The van der Waals surface area contributed by atoms with Crippen molar-refractivity contribution < 1.29 is 4.74 Å². The van der Waals surface area contributed by atoms with Crippen LogP contribution < -0.4 is 10.5 Å². The van der Waals surface area contributed by atoms with E-state index in [2.05, 4.69) is 4.98 Å². The van der Waals surface area contributed by atoms with Crippen molar-refractivity contribution in [3.8, 4) is 5.75 Å². The smallest absolute Gasteiger partial charge is 0.122 e. The number of aryl methyl sites for hydroxylation is 1. The molecule has 2 rings (SSSR count). The largest absolute Gasteiger partial charge is 0.492 e. The molecule has 0 unspecified atom stereocenters. The lowest BCUT2D eigenvalue weighted by Gasteiger charge is -2.33. The first kappa shape index (κ1) is 11.4. The number of nitrogens with two attached hydrogens (primary N) is 1. The van der Waals surface area contributed by atoms with Gasteiger partial charge >= 0.3 is 0 Å². The topological polar surface area (TPSA) is 48.1 Å². The van der Waals surface area contributed by atoms with Gasteiger partial charge < -0.3 is 10.5 Å². The minimum absolute atomic E-state index is 0.116. The van der Waals surface area contributed by atoms with Crippen molar-refractivity contribution >= 4 is 0 Å². The van der Waals surface area contributed by atoms with Gasteiger partial charge in [0.05, 0.1) is 5.54 Å². The SMILES string of the molecule is Cc1cc(OCC2(N)CCCCC2)ccn1. The highest BCUT2D eigenvalue weighted by Gasteiger charge is 2.28. The third kappa shape index (κ3) is 2.95. The Morgan fingerprint density at radius 3 is 2.81 bits per heavy atom. The van der Waals surface area contributed by atoms with Crippen LogP contribution >= 0.6 is 0 Å². The maximum absolute atomic E-state index is 6.30. The summed E-state index contributed by atoms with van der Waals surface area (Å²) in [5, 5.41) is 0. The maximum Gasteiger partial charge on any atom is 0.122 e. The van der Waals surface area contributed by atoms with E-state index in [-0.39, 0.29) is 5.54 Å². The van der Waals surface area contributed by atoms with Crippen LogP contribution in [0.5, 0.6) is 5.75 Å². The van der Waals surface area contributed by atoms with Crippen LogP contribution in [0.15, 0.2) is 18.3 Å². The van der Waals surface area contributed by atoms with Crippen LogP contribution in [-0.2, 0) is 0 Å². The fourth-order valence-electron chi connectivity index (χ4n) is 2.24. The van der Waals surface area contributed by atoms with Gasteiger partial charge in [0.25, 0.3) is 0 Å². The maximum atomic E-state index is 6.30. The molecule has 0 saturated heterocycles. The molecule has 0 radical (unpaired) electrons. The second-order valence-electron chi connectivity index (χ2n) is 4.84. The van der Waals surface area contributed by atoms with Crippen LogP contribution in [-0.4, -0.2) is 17.1 Å². The molecule has 1 aromatic rings. The normalized spacial score (nSPS) is 19.4. The Balaban J connectivity index is 1.91. The quantitative estimate of drug-likeness (QED) is 0.851. The van der Waals surface area contributed by atoms with Gasteiger partial charge in [-0.3, -0.25) is 4.98 Å². The predicted octanol–water partition coefficient (Wildman–Crippen LogP) is 2.43. The van der Waals surface area contributed by atoms with Gasteiger partial charge in [0.1, 0.15) is 12.4 Å². The summed E-state index contributed by atoms with van der Waals surface area (Å²) in [5.41, 5.74) is 7.17. The standard InChI is InChI=1S/C13H20N2O/c1-11-9-12(5-8-15-11)16-10-13(14)6-3-2-4-7-13/h5,8-9H,2-4,6-7,10,14H2,1H3. The Kier molecular flexibility index (Phi) is 3.44. The molecule has 2 N–H and O–H groups in total. The van der Waals surface area contributed by atoms with Crippen molar-refractivity contribution in [2.45, 2.75) is 44.6 Å². The summed E-state index contributed by atoms with van der Waals surface area (Å²) in [6.07, 6.45) is 7.71. The minimum Gasteiger partial charge on any atom is -0.492 e. The third-order valence-corrected chi connectivity index (χ3v) is 3.24. The van der Waals surface area contributed by atoms with Crippen molar-refractivity contribution in [3.63, 3.8) is 0 Å². The van der Waals surface area contributed by atoms with Crippen molar-refractivity contribution in [1.29, 1.82) is 0 Å². The van der Waals surface area contributed by atoms with E-state index in [1.165, 1.54) is 19.3 Å². The lowest BCUT2D eigenvalue weighted by atomic mass is 9.83. The number of rotatable bonds is 3. The number of nitrogens with zero attached hydrogens (tertiary/aromatic N) is 1. The first-order valence-corrected chi connectivity index (χ1v) is 6.02. The molecule has 0 spiro atoms. The Labute approximate surface area is 97.0 Å². The average Bonchev–Trinajstić information content (AvgIpc) is 2.28. The van der Waals surface area contributed by atoms with Gasteiger partial charge in [-0.1, -0.05) is 19.3 Å². The average molecular weight is 220 g/mol. The third-order valence-electron chi connectivity index (χ3n) is 3.24. The fourth-order valence-corrected chi connectivity index (χ4v) is 2.24. The Hall–Kier alpha value is -1.09. The van der Waals surface area contributed by atoms with Crippen molar-refractivity contribution in [2.24, 2.45) is 5.73 Å². The molecule has 0 atom stereocenters. The van der Waals surface area contributed by atoms with Gasteiger partial charge in [-0.05, 0) is 25.8 Å². The molecule has 1 aliphatic carbocycles. The molecule has 3 heteroatoms. The molecule has 3 nitrogen and oxygen atoms in total. The van der Waals surface area contributed by atoms with E-state index in [4.69, 9.17) is 10.5 Å². The van der Waals surface area contributed by atoms with Gasteiger partial charge in [-0.25, -0.2) is 0 Å². The molecule has 0 bridgehead atoms. The van der Waals surface area contributed by atoms with Gasteiger partial charge in [0, 0.05) is 18.0 Å². The first-order chi connectivity index (χ1) is 7.68. The zero-order chi connectivity index (χ0) is 11.4. The summed E-state index contributed by atoms with van der Waals surface area (Å²) in [7, 11) is 0. The molecule has 16 heavy (non-hydrogen) atoms. The lowest BCUT2D eigenvalue weighted by molar-refractivity contribution is 0.173. The summed E-state index contributed by atoms with van der Waals surface area (Å²) >= 11 is 0. The summed E-state index contributed by atoms with van der Waals surface area (Å²) in [4.78, 5) is 4.14.